The molecule has 1 aliphatic rings. The Bertz CT molecular complexity index is 651. The van der Waals surface area contributed by atoms with Crippen LogP contribution in [0.2, 0.25) is 0 Å². The molecule has 2 N–H and O–H groups in total. The molecule has 0 saturated heterocycles. The molecule has 0 aliphatic carbocycles. The van der Waals surface area contributed by atoms with E-state index in [1.54, 1.807) is 0 Å². The molecule has 4 nitrogen and oxygen atoms in total. The van der Waals surface area contributed by atoms with Crippen molar-refractivity contribution in [3.05, 3.63) is 60.2 Å². The molecular formula is C20H26N4. The minimum absolute atomic E-state index is 0.256. The summed E-state index contributed by atoms with van der Waals surface area (Å²) < 4.78 is 0. The van der Waals surface area contributed by atoms with E-state index in [1.807, 2.05) is 19.3 Å². The molecular weight excluding hydrogens is 296 g/mol. The molecule has 0 bridgehead atoms. The quantitative estimate of drug-likeness (QED) is 0.823. The molecule has 2 aromatic rings. The Morgan fingerprint density at radius 2 is 1.75 bits per heavy atom. The standard InChI is InChI=1S/C20H26N4/c1-21-12-13-24(2)15-19-14-22-23-20(19)18-10-8-17(9-11-18)16-6-4-3-5-7-16/h3-11,14,19-21,23H,12-13,15H2,1-2H3. The monoisotopic (exact) mass is 322 g/mol. The number of benzene rings is 2. The van der Waals surface area contributed by atoms with Crippen molar-refractivity contribution in [2.75, 3.05) is 33.7 Å². The van der Waals surface area contributed by atoms with Gasteiger partial charge in [0.05, 0.1) is 6.04 Å². The summed E-state index contributed by atoms with van der Waals surface area (Å²) >= 11 is 0. The molecule has 4 heteroatoms. The average molecular weight is 322 g/mol. The molecule has 1 aliphatic heterocycles. The Balaban J connectivity index is 1.67. The zero-order valence-corrected chi connectivity index (χ0v) is 14.4. The van der Waals surface area contributed by atoms with Crippen molar-refractivity contribution in [1.82, 2.24) is 15.6 Å². The summed E-state index contributed by atoms with van der Waals surface area (Å²) in [6, 6.07) is 19.6. The van der Waals surface area contributed by atoms with E-state index in [0.29, 0.717) is 5.92 Å². The highest BCUT2D eigenvalue weighted by atomic mass is 15.3. The zero-order valence-electron chi connectivity index (χ0n) is 14.4. The van der Waals surface area contributed by atoms with Crippen LogP contribution in [0.1, 0.15) is 11.6 Å². The average Bonchev–Trinajstić information content (AvgIpc) is 3.09. The Morgan fingerprint density at radius 3 is 2.46 bits per heavy atom. The fraction of sp³-hybridized carbons (Fsp3) is 0.350. The Hall–Kier alpha value is -2.17. The van der Waals surface area contributed by atoms with Gasteiger partial charge in [-0.3, -0.25) is 0 Å². The van der Waals surface area contributed by atoms with Crippen LogP contribution in [0.25, 0.3) is 11.1 Å². The topological polar surface area (TPSA) is 39.7 Å². The minimum atomic E-state index is 0.256. The van der Waals surface area contributed by atoms with Crippen LogP contribution >= 0.6 is 0 Å². The summed E-state index contributed by atoms with van der Waals surface area (Å²) in [5.41, 5.74) is 7.07. The van der Waals surface area contributed by atoms with Crippen LogP contribution in [0.3, 0.4) is 0 Å². The third-order valence-corrected chi connectivity index (χ3v) is 4.55. The van der Waals surface area contributed by atoms with Crippen molar-refractivity contribution in [2.24, 2.45) is 11.0 Å². The van der Waals surface area contributed by atoms with Gasteiger partial charge in [0.1, 0.15) is 0 Å². The number of likely N-dealkylation sites (N-methyl/N-ethyl adjacent to an activating group) is 2. The van der Waals surface area contributed by atoms with Gasteiger partial charge in [0, 0.05) is 31.8 Å². The van der Waals surface area contributed by atoms with Gasteiger partial charge in [-0.2, -0.15) is 5.10 Å². The minimum Gasteiger partial charge on any atom is -0.318 e. The third kappa shape index (κ3) is 4.02. The van der Waals surface area contributed by atoms with Gasteiger partial charge in [-0.15, -0.1) is 0 Å². The molecule has 0 amide bonds. The lowest BCUT2D eigenvalue weighted by atomic mass is 9.93. The number of hydrogen-bond acceptors (Lipinski definition) is 4. The maximum Gasteiger partial charge on any atom is 0.0779 e. The molecule has 0 saturated carbocycles. The maximum absolute atomic E-state index is 4.32. The van der Waals surface area contributed by atoms with Crippen LogP contribution in [0.5, 0.6) is 0 Å². The summed E-state index contributed by atoms with van der Waals surface area (Å²) in [4.78, 5) is 2.35. The summed E-state index contributed by atoms with van der Waals surface area (Å²) in [5, 5.41) is 7.52. The highest BCUT2D eigenvalue weighted by Gasteiger charge is 2.26. The second-order valence-corrected chi connectivity index (χ2v) is 6.40. The van der Waals surface area contributed by atoms with E-state index in [0.717, 1.165) is 19.6 Å². The van der Waals surface area contributed by atoms with Gasteiger partial charge in [0.15, 0.2) is 0 Å². The lowest BCUT2D eigenvalue weighted by molar-refractivity contribution is 0.290. The van der Waals surface area contributed by atoms with E-state index in [4.69, 9.17) is 0 Å². The Labute approximate surface area is 144 Å². The number of rotatable bonds is 7. The molecule has 2 aromatic carbocycles. The molecule has 0 fully saturated rings. The fourth-order valence-electron chi connectivity index (χ4n) is 3.14. The summed E-state index contributed by atoms with van der Waals surface area (Å²) in [7, 11) is 4.16. The summed E-state index contributed by atoms with van der Waals surface area (Å²) in [5.74, 6) is 0.398. The molecule has 0 spiro atoms. The number of hydrogen-bond donors (Lipinski definition) is 2. The predicted octanol–water partition coefficient (Wildman–Crippen LogP) is 2.75. The van der Waals surface area contributed by atoms with E-state index in [-0.39, 0.29) is 6.04 Å². The van der Waals surface area contributed by atoms with Gasteiger partial charge < -0.3 is 15.6 Å². The number of nitrogens with one attached hydrogen (secondary N) is 2. The van der Waals surface area contributed by atoms with E-state index in [9.17, 15) is 0 Å². The second-order valence-electron chi connectivity index (χ2n) is 6.40. The first-order valence-corrected chi connectivity index (χ1v) is 8.55. The zero-order chi connectivity index (χ0) is 16.8. The van der Waals surface area contributed by atoms with Crippen LogP contribution in [0.15, 0.2) is 59.7 Å². The van der Waals surface area contributed by atoms with E-state index in [2.05, 4.69) is 76.3 Å². The van der Waals surface area contributed by atoms with Gasteiger partial charge >= 0.3 is 0 Å². The lowest BCUT2D eigenvalue weighted by Gasteiger charge is -2.24. The molecule has 0 aromatic heterocycles. The van der Waals surface area contributed by atoms with Gasteiger partial charge in [-0.1, -0.05) is 54.6 Å². The van der Waals surface area contributed by atoms with Crippen LogP contribution in [0, 0.1) is 5.92 Å². The first-order valence-electron chi connectivity index (χ1n) is 8.55. The van der Waals surface area contributed by atoms with E-state index >= 15 is 0 Å². The molecule has 2 atom stereocenters. The SMILES string of the molecule is CNCCN(C)CC1C=NNC1c1ccc(-c2ccccc2)cc1. The Kier molecular flexibility index (Phi) is 5.62. The highest BCUT2D eigenvalue weighted by molar-refractivity contribution is 5.66. The van der Waals surface area contributed by atoms with Crippen molar-refractivity contribution in [3.63, 3.8) is 0 Å². The van der Waals surface area contributed by atoms with Gasteiger partial charge in [-0.05, 0) is 30.8 Å². The second kappa shape index (κ2) is 8.08. The first-order chi connectivity index (χ1) is 11.8. The smallest absolute Gasteiger partial charge is 0.0779 e. The lowest BCUT2D eigenvalue weighted by Crippen LogP contribution is -2.34. The summed E-state index contributed by atoms with van der Waals surface area (Å²) in [6.45, 7) is 3.05. The number of nitrogens with zero attached hydrogens (tertiary/aromatic N) is 2. The largest absolute Gasteiger partial charge is 0.318 e. The first kappa shape index (κ1) is 16.7. The third-order valence-electron chi connectivity index (χ3n) is 4.55. The highest BCUT2D eigenvalue weighted by Crippen LogP contribution is 2.27. The van der Waals surface area contributed by atoms with E-state index < -0.39 is 0 Å². The Morgan fingerprint density at radius 1 is 1.04 bits per heavy atom. The molecule has 2 unspecified atom stereocenters. The van der Waals surface area contributed by atoms with Crippen LogP contribution < -0.4 is 10.7 Å². The van der Waals surface area contributed by atoms with Gasteiger partial charge in [0.25, 0.3) is 0 Å². The molecule has 126 valence electrons. The van der Waals surface area contributed by atoms with Crippen molar-refractivity contribution < 1.29 is 0 Å². The fourth-order valence-corrected chi connectivity index (χ4v) is 3.14. The van der Waals surface area contributed by atoms with Gasteiger partial charge in [-0.25, -0.2) is 0 Å². The van der Waals surface area contributed by atoms with Crippen LogP contribution in [-0.2, 0) is 0 Å². The molecule has 3 rings (SSSR count). The summed E-state index contributed by atoms with van der Waals surface area (Å²) in [6.07, 6.45) is 2.05. The van der Waals surface area contributed by atoms with Gasteiger partial charge in [0.2, 0.25) is 0 Å². The molecule has 24 heavy (non-hydrogen) atoms. The normalized spacial score (nSPS) is 19.6. The van der Waals surface area contributed by atoms with E-state index in [1.165, 1.54) is 16.7 Å². The van der Waals surface area contributed by atoms with Crippen LogP contribution in [-0.4, -0.2) is 44.8 Å². The van der Waals surface area contributed by atoms with Crippen molar-refractivity contribution in [1.29, 1.82) is 0 Å². The van der Waals surface area contributed by atoms with Crippen molar-refractivity contribution in [2.45, 2.75) is 6.04 Å². The molecule has 1 heterocycles. The number of hydrazone groups is 1. The maximum atomic E-state index is 4.32. The van der Waals surface area contributed by atoms with Crippen LogP contribution in [0.4, 0.5) is 0 Å². The predicted molar refractivity (Wildman–Crippen MR) is 101 cm³/mol. The van der Waals surface area contributed by atoms with Crippen molar-refractivity contribution >= 4 is 6.21 Å². The molecule has 0 radical (unpaired) electrons. The van der Waals surface area contributed by atoms with Crippen molar-refractivity contribution in [3.8, 4) is 11.1 Å².